The first-order chi connectivity index (χ1) is 13.4. The van der Waals surface area contributed by atoms with Crippen LogP contribution in [0.4, 0.5) is 0 Å². The van der Waals surface area contributed by atoms with Crippen molar-refractivity contribution in [3.05, 3.63) is 61.9 Å². The first-order valence-corrected chi connectivity index (χ1v) is 9.49. The maximum Gasteiger partial charge on any atom is 0.308 e. The molecule has 0 fully saturated rings. The fourth-order valence-electron chi connectivity index (χ4n) is 3.27. The van der Waals surface area contributed by atoms with E-state index in [1.807, 2.05) is 19.9 Å². The smallest absolute Gasteiger partial charge is 0.308 e. The number of carbonyl (C=O) groups is 1. The summed E-state index contributed by atoms with van der Waals surface area (Å²) in [6.45, 7) is 5.34. The number of thiazole rings is 1. The molecule has 2 aromatic carbocycles. The molecular formula is C21H18N2O4S. The van der Waals surface area contributed by atoms with Crippen LogP contribution < -0.4 is 19.6 Å². The van der Waals surface area contributed by atoms with E-state index in [9.17, 15) is 9.59 Å². The number of aryl methyl sites for hydroxylation is 2. The second-order valence-corrected chi connectivity index (χ2v) is 7.61. The summed E-state index contributed by atoms with van der Waals surface area (Å²) in [7, 11) is 1.50. The average molecular weight is 394 g/mol. The van der Waals surface area contributed by atoms with Gasteiger partial charge in [0.2, 0.25) is 0 Å². The molecule has 28 heavy (non-hydrogen) atoms. The Labute approximate surface area is 164 Å². The molecule has 0 atom stereocenters. The first-order valence-electron chi connectivity index (χ1n) is 8.68. The first kappa shape index (κ1) is 18.2. The molecule has 0 spiro atoms. The molecule has 4 rings (SSSR count). The van der Waals surface area contributed by atoms with Gasteiger partial charge in [-0.2, -0.15) is 0 Å². The van der Waals surface area contributed by atoms with Crippen molar-refractivity contribution in [2.24, 2.45) is 0 Å². The predicted octanol–water partition coefficient (Wildman–Crippen LogP) is 3.01. The van der Waals surface area contributed by atoms with E-state index in [2.05, 4.69) is 11.1 Å². The van der Waals surface area contributed by atoms with Crippen LogP contribution in [0, 0.1) is 13.8 Å². The highest BCUT2D eigenvalue weighted by Gasteiger charge is 2.14. The predicted molar refractivity (Wildman–Crippen MR) is 109 cm³/mol. The van der Waals surface area contributed by atoms with Gasteiger partial charge >= 0.3 is 5.97 Å². The van der Waals surface area contributed by atoms with E-state index < -0.39 is 5.97 Å². The standard InChI is InChI=1S/C21H18N2O4S/c1-11-7-12(2)19-15(8-11)23-20(25)18(28-21(23)22-19)10-14-5-6-16(27-13(3)24)17(9-14)26-4/h5-10H,1-4H3. The Morgan fingerprint density at radius 3 is 2.68 bits per heavy atom. The van der Waals surface area contributed by atoms with Gasteiger partial charge < -0.3 is 9.47 Å². The van der Waals surface area contributed by atoms with E-state index in [1.54, 1.807) is 28.7 Å². The Kier molecular flexibility index (Phi) is 4.39. The third-order valence-electron chi connectivity index (χ3n) is 4.42. The quantitative estimate of drug-likeness (QED) is 0.395. The second-order valence-electron chi connectivity index (χ2n) is 6.60. The van der Waals surface area contributed by atoms with E-state index in [-0.39, 0.29) is 5.56 Å². The van der Waals surface area contributed by atoms with E-state index in [0.29, 0.717) is 21.0 Å². The van der Waals surface area contributed by atoms with Gasteiger partial charge in [-0.25, -0.2) is 9.38 Å². The van der Waals surface area contributed by atoms with Gasteiger partial charge in [0.1, 0.15) is 0 Å². The highest BCUT2D eigenvalue weighted by atomic mass is 32.1. The summed E-state index contributed by atoms with van der Waals surface area (Å²) >= 11 is 1.34. The zero-order valence-electron chi connectivity index (χ0n) is 15.9. The van der Waals surface area contributed by atoms with Crippen LogP contribution in [-0.4, -0.2) is 22.5 Å². The Morgan fingerprint density at radius 1 is 1.18 bits per heavy atom. The molecule has 142 valence electrons. The molecular weight excluding hydrogens is 376 g/mol. The average Bonchev–Trinajstić information content (AvgIpc) is 3.13. The van der Waals surface area contributed by atoms with Crippen LogP contribution in [0.1, 0.15) is 23.6 Å². The molecule has 2 aromatic heterocycles. The largest absolute Gasteiger partial charge is 0.493 e. The SMILES string of the molecule is COc1cc(C=c2sc3nc4c(C)cc(C)cc4n3c2=O)ccc1OC(C)=O. The van der Waals surface area contributed by atoms with Gasteiger partial charge in [-0.1, -0.05) is 23.5 Å². The monoisotopic (exact) mass is 394 g/mol. The molecule has 0 aliphatic rings. The van der Waals surface area contributed by atoms with Crippen molar-refractivity contribution in [2.45, 2.75) is 20.8 Å². The van der Waals surface area contributed by atoms with Crippen molar-refractivity contribution >= 4 is 39.4 Å². The number of hydrogen-bond acceptors (Lipinski definition) is 6. The summed E-state index contributed by atoms with van der Waals surface area (Å²) in [6.07, 6.45) is 1.79. The number of ether oxygens (including phenoxy) is 2. The lowest BCUT2D eigenvalue weighted by atomic mass is 10.1. The Hall–Kier alpha value is -3.19. The molecule has 0 saturated heterocycles. The van der Waals surface area contributed by atoms with Gasteiger partial charge in [-0.3, -0.25) is 9.59 Å². The van der Waals surface area contributed by atoms with Crippen molar-refractivity contribution in [3.63, 3.8) is 0 Å². The van der Waals surface area contributed by atoms with Crippen molar-refractivity contribution in [2.75, 3.05) is 7.11 Å². The molecule has 0 N–H and O–H groups in total. The highest BCUT2D eigenvalue weighted by Crippen LogP contribution is 2.28. The number of aromatic nitrogens is 2. The number of hydrogen-bond donors (Lipinski definition) is 0. The molecule has 0 aliphatic heterocycles. The number of methoxy groups -OCH3 is 1. The van der Waals surface area contributed by atoms with E-state index in [0.717, 1.165) is 27.7 Å². The summed E-state index contributed by atoms with van der Waals surface area (Å²) in [5.74, 6) is 0.343. The van der Waals surface area contributed by atoms with Gasteiger partial charge in [-0.05, 0) is 54.8 Å². The third-order valence-corrected chi connectivity index (χ3v) is 5.39. The fourth-order valence-corrected chi connectivity index (χ4v) is 4.25. The normalized spacial score (nSPS) is 12.1. The van der Waals surface area contributed by atoms with Crippen LogP contribution in [0.25, 0.3) is 22.1 Å². The second kappa shape index (κ2) is 6.76. The zero-order valence-corrected chi connectivity index (χ0v) is 16.7. The van der Waals surface area contributed by atoms with Crippen LogP contribution >= 0.6 is 11.3 Å². The number of esters is 1. The summed E-state index contributed by atoms with van der Waals surface area (Å²) in [5, 5.41) is 0. The van der Waals surface area contributed by atoms with Crippen LogP contribution in [0.2, 0.25) is 0 Å². The van der Waals surface area contributed by atoms with Crippen molar-refractivity contribution in [1.29, 1.82) is 0 Å². The number of rotatable bonds is 3. The summed E-state index contributed by atoms with van der Waals surface area (Å²) in [5.41, 5.74) is 4.50. The lowest BCUT2D eigenvalue weighted by molar-refractivity contribution is -0.132. The minimum atomic E-state index is -0.422. The molecule has 0 amide bonds. The summed E-state index contributed by atoms with van der Waals surface area (Å²) in [4.78, 5) is 29.5. The maximum atomic E-state index is 13.0. The number of benzene rings is 2. The topological polar surface area (TPSA) is 69.9 Å². The Bertz CT molecular complexity index is 1350. The lowest BCUT2D eigenvalue weighted by Crippen LogP contribution is -2.22. The van der Waals surface area contributed by atoms with Crippen LogP contribution in [0.5, 0.6) is 11.5 Å². The van der Waals surface area contributed by atoms with Crippen LogP contribution in [0.3, 0.4) is 0 Å². The Morgan fingerprint density at radius 2 is 1.96 bits per heavy atom. The maximum absolute atomic E-state index is 13.0. The van der Waals surface area contributed by atoms with E-state index >= 15 is 0 Å². The van der Waals surface area contributed by atoms with E-state index in [4.69, 9.17) is 9.47 Å². The van der Waals surface area contributed by atoms with Gasteiger partial charge in [0.25, 0.3) is 5.56 Å². The minimum absolute atomic E-state index is 0.101. The third kappa shape index (κ3) is 3.03. The molecule has 0 saturated carbocycles. The number of fused-ring (bicyclic) bond motifs is 3. The number of nitrogens with zero attached hydrogens (tertiary/aromatic N) is 2. The van der Waals surface area contributed by atoms with E-state index in [1.165, 1.54) is 25.4 Å². The van der Waals surface area contributed by atoms with Crippen molar-refractivity contribution in [3.8, 4) is 11.5 Å². The van der Waals surface area contributed by atoms with Gasteiger partial charge in [-0.15, -0.1) is 0 Å². The number of carbonyl (C=O) groups excluding carboxylic acids is 1. The molecule has 0 radical (unpaired) electrons. The molecule has 7 heteroatoms. The fraction of sp³-hybridized carbons (Fsp3) is 0.190. The molecule has 2 heterocycles. The summed E-state index contributed by atoms with van der Waals surface area (Å²) < 4.78 is 12.7. The highest BCUT2D eigenvalue weighted by molar-refractivity contribution is 7.15. The van der Waals surface area contributed by atoms with Crippen LogP contribution in [-0.2, 0) is 4.79 Å². The summed E-state index contributed by atoms with van der Waals surface area (Å²) in [6, 6.07) is 9.20. The van der Waals surface area contributed by atoms with Crippen LogP contribution in [0.15, 0.2) is 35.1 Å². The van der Waals surface area contributed by atoms with Gasteiger partial charge in [0.05, 0.1) is 22.7 Å². The van der Waals surface area contributed by atoms with Gasteiger partial charge in [0.15, 0.2) is 16.5 Å². The molecule has 0 aliphatic carbocycles. The molecule has 6 nitrogen and oxygen atoms in total. The molecule has 0 unspecified atom stereocenters. The lowest BCUT2D eigenvalue weighted by Gasteiger charge is -2.08. The van der Waals surface area contributed by atoms with Gasteiger partial charge in [0, 0.05) is 6.92 Å². The molecule has 4 aromatic rings. The van der Waals surface area contributed by atoms with Crippen molar-refractivity contribution in [1.82, 2.24) is 9.38 Å². The minimum Gasteiger partial charge on any atom is -0.493 e. The zero-order chi connectivity index (χ0) is 20.0. The Balaban J connectivity index is 1.87. The molecule has 0 bridgehead atoms. The number of imidazole rings is 1. The van der Waals surface area contributed by atoms with Crippen molar-refractivity contribution < 1.29 is 14.3 Å².